The van der Waals surface area contributed by atoms with Crippen molar-refractivity contribution >= 4 is 0 Å². The number of rotatable bonds is 8. The van der Waals surface area contributed by atoms with Gasteiger partial charge in [0.1, 0.15) is 0 Å². The zero-order chi connectivity index (χ0) is 16.8. The predicted octanol–water partition coefficient (Wildman–Crippen LogP) is 5.98. The maximum atomic E-state index is 6.49. The van der Waals surface area contributed by atoms with Crippen LogP contribution in [0.15, 0.2) is 0 Å². The van der Waals surface area contributed by atoms with Crippen molar-refractivity contribution in [1.82, 2.24) is 0 Å². The Bertz CT molecular complexity index is 320. The molecule has 2 saturated carbocycles. The first-order valence-electron chi connectivity index (χ1n) is 10.3. The lowest BCUT2D eigenvalue weighted by molar-refractivity contribution is -0.0715. The van der Waals surface area contributed by atoms with Gasteiger partial charge in [0, 0.05) is 0 Å². The van der Waals surface area contributed by atoms with Crippen molar-refractivity contribution in [3.8, 4) is 0 Å². The van der Waals surface area contributed by atoms with Crippen LogP contribution in [0.25, 0.3) is 0 Å². The summed E-state index contributed by atoms with van der Waals surface area (Å²) in [5.74, 6) is 2.04. The molecule has 2 nitrogen and oxygen atoms in total. The van der Waals surface area contributed by atoms with E-state index in [9.17, 15) is 0 Å². The Morgan fingerprint density at radius 2 is 1.39 bits per heavy atom. The molecule has 2 heteroatoms. The maximum absolute atomic E-state index is 6.49. The fraction of sp³-hybridized carbons (Fsp3) is 1.00. The maximum Gasteiger partial charge on any atom is 0.0604 e. The summed E-state index contributed by atoms with van der Waals surface area (Å²) in [5.41, 5.74) is 0. The van der Waals surface area contributed by atoms with Gasteiger partial charge < -0.3 is 9.47 Å². The molecule has 0 saturated heterocycles. The van der Waals surface area contributed by atoms with Gasteiger partial charge >= 0.3 is 0 Å². The molecule has 0 N–H and O–H groups in total. The number of hydrogen-bond acceptors (Lipinski definition) is 2. The SMILES string of the molecule is CC(C)[C@H](C)OC1CCCC(C[C@H](OC2CCCC2)C(C)C)C1. The summed E-state index contributed by atoms with van der Waals surface area (Å²) < 4.78 is 12.8. The van der Waals surface area contributed by atoms with Crippen molar-refractivity contribution < 1.29 is 9.47 Å². The van der Waals surface area contributed by atoms with Crippen molar-refractivity contribution in [3.05, 3.63) is 0 Å². The zero-order valence-electron chi connectivity index (χ0n) is 16.2. The highest BCUT2D eigenvalue weighted by molar-refractivity contribution is 4.80. The van der Waals surface area contributed by atoms with Crippen molar-refractivity contribution in [2.24, 2.45) is 17.8 Å². The van der Waals surface area contributed by atoms with Gasteiger partial charge in [0.05, 0.1) is 24.4 Å². The second-order valence-corrected chi connectivity index (χ2v) is 8.80. The van der Waals surface area contributed by atoms with E-state index in [1.807, 2.05) is 0 Å². The second-order valence-electron chi connectivity index (χ2n) is 8.80. The predicted molar refractivity (Wildman–Crippen MR) is 97.7 cm³/mol. The molecule has 0 spiro atoms. The molecule has 0 aromatic rings. The lowest BCUT2D eigenvalue weighted by atomic mass is 9.81. The van der Waals surface area contributed by atoms with E-state index in [2.05, 4.69) is 34.6 Å². The average molecular weight is 325 g/mol. The molecule has 4 atom stereocenters. The first kappa shape index (κ1) is 19.2. The summed E-state index contributed by atoms with van der Waals surface area (Å²) in [6.07, 6.45) is 13.6. The molecule has 0 radical (unpaired) electrons. The Morgan fingerprint density at radius 3 is 2.00 bits per heavy atom. The van der Waals surface area contributed by atoms with Gasteiger partial charge in [0.25, 0.3) is 0 Å². The van der Waals surface area contributed by atoms with Gasteiger partial charge in [-0.1, -0.05) is 53.4 Å². The van der Waals surface area contributed by atoms with Gasteiger partial charge in [0.2, 0.25) is 0 Å². The van der Waals surface area contributed by atoms with E-state index in [0.29, 0.717) is 36.3 Å². The monoisotopic (exact) mass is 324 g/mol. The van der Waals surface area contributed by atoms with Crippen LogP contribution >= 0.6 is 0 Å². The molecule has 0 aliphatic heterocycles. The van der Waals surface area contributed by atoms with Crippen LogP contribution in [0.5, 0.6) is 0 Å². The zero-order valence-corrected chi connectivity index (χ0v) is 16.2. The molecule has 2 unspecified atom stereocenters. The molecule has 0 heterocycles. The topological polar surface area (TPSA) is 18.5 Å². The minimum absolute atomic E-state index is 0.384. The minimum atomic E-state index is 0.384. The van der Waals surface area contributed by atoms with Crippen LogP contribution in [0.3, 0.4) is 0 Å². The van der Waals surface area contributed by atoms with Crippen LogP contribution in [-0.2, 0) is 9.47 Å². The van der Waals surface area contributed by atoms with E-state index in [4.69, 9.17) is 9.47 Å². The molecular formula is C21H40O2. The van der Waals surface area contributed by atoms with Gasteiger partial charge in [-0.05, 0) is 56.8 Å². The summed E-state index contributed by atoms with van der Waals surface area (Å²) in [7, 11) is 0. The van der Waals surface area contributed by atoms with Crippen LogP contribution in [0, 0.1) is 17.8 Å². The van der Waals surface area contributed by atoms with Crippen molar-refractivity contribution in [1.29, 1.82) is 0 Å². The van der Waals surface area contributed by atoms with Crippen LogP contribution in [-0.4, -0.2) is 24.4 Å². The number of hydrogen-bond donors (Lipinski definition) is 0. The molecule has 0 bridgehead atoms. The van der Waals surface area contributed by atoms with Crippen molar-refractivity contribution in [2.45, 2.75) is 117 Å². The van der Waals surface area contributed by atoms with E-state index < -0.39 is 0 Å². The molecule has 0 aromatic heterocycles. The van der Waals surface area contributed by atoms with Crippen LogP contribution in [0.2, 0.25) is 0 Å². The first-order valence-corrected chi connectivity index (χ1v) is 10.3. The molecule has 2 fully saturated rings. The van der Waals surface area contributed by atoms with Gasteiger partial charge in [-0.3, -0.25) is 0 Å². The smallest absolute Gasteiger partial charge is 0.0604 e. The van der Waals surface area contributed by atoms with E-state index >= 15 is 0 Å². The Balaban J connectivity index is 1.81. The molecule has 0 amide bonds. The van der Waals surface area contributed by atoms with E-state index in [0.717, 1.165) is 5.92 Å². The lowest BCUT2D eigenvalue weighted by Gasteiger charge is -2.35. The Morgan fingerprint density at radius 1 is 0.739 bits per heavy atom. The fourth-order valence-corrected chi connectivity index (χ4v) is 4.13. The second kappa shape index (κ2) is 9.42. The molecule has 2 aliphatic rings. The molecule has 23 heavy (non-hydrogen) atoms. The molecule has 0 aromatic carbocycles. The average Bonchev–Trinajstić information content (AvgIpc) is 2.99. The molecule has 2 aliphatic carbocycles. The highest BCUT2D eigenvalue weighted by atomic mass is 16.5. The molecular weight excluding hydrogens is 284 g/mol. The van der Waals surface area contributed by atoms with E-state index in [1.165, 1.54) is 57.8 Å². The molecule has 136 valence electrons. The Hall–Kier alpha value is -0.0800. The summed E-state index contributed by atoms with van der Waals surface area (Å²) in [4.78, 5) is 0. The third kappa shape index (κ3) is 6.38. The van der Waals surface area contributed by atoms with Crippen molar-refractivity contribution in [2.75, 3.05) is 0 Å². The van der Waals surface area contributed by atoms with Gasteiger partial charge in [0.15, 0.2) is 0 Å². The van der Waals surface area contributed by atoms with E-state index in [1.54, 1.807) is 0 Å². The Labute approximate surface area is 144 Å². The highest BCUT2D eigenvalue weighted by Gasteiger charge is 2.29. The largest absolute Gasteiger partial charge is 0.375 e. The quantitative estimate of drug-likeness (QED) is 0.547. The lowest BCUT2D eigenvalue weighted by Crippen LogP contribution is -2.33. The van der Waals surface area contributed by atoms with Gasteiger partial charge in [-0.15, -0.1) is 0 Å². The third-order valence-corrected chi connectivity index (χ3v) is 6.06. The van der Waals surface area contributed by atoms with Gasteiger partial charge in [-0.25, -0.2) is 0 Å². The molecule has 2 rings (SSSR count). The normalized spacial score (nSPS) is 29.3. The van der Waals surface area contributed by atoms with Gasteiger partial charge in [-0.2, -0.15) is 0 Å². The minimum Gasteiger partial charge on any atom is -0.375 e. The fourth-order valence-electron chi connectivity index (χ4n) is 4.13. The highest BCUT2D eigenvalue weighted by Crippen LogP contribution is 2.34. The van der Waals surface area contributed by atoms with Crippen LogP contribution in [0.4, 0.5) is 0 Å². The summed E-state index contributed by atoms with van der Waals surface area (Å²) in [6.45, 7) is 11.4. The summed E-state index contributed by atoms with van der Waals surface area (Å²) >= 11 is 0. The standard InChI is InChI=1S/C21H40O2/c1-15(2)17(5)22-20-12-8-9-18(13-20)14-21(16(3)4)23-19-10-6-7-11-19/h15-21H,6-14H2,1-5H3/t17-,18?,20?,21-/m0/s1. The van der Waals surface area contributed by atoms with Crippen LogP contribution in [0.1, 0.15) is 92.4 Å². The van der Waals surface area contributed by atoms with Crippen LogP contribution < -0.4 is 0 Å². The van der Waals surface area contributed by atoms with Crippen molar-refractivity contribution in [3.63, 3.8) is 0 Å². The number of ether oxygens (including phenoxy) is 2. The Kier molecular flexibility index (Phi) is 7.88. The van der Waals surface area contributed by atoms with E-state index in [-0.39, 0.29) is 0 Å². The summed E-state index contributed by atoms with van der Waals surface area (Å²) in [5, 5.41) is 0. The summed E-state index contributed by atoms with van der Waals surface area (Å²) in [6, 6.07) is 0. The third-order valence-electron chi connectivity index (χ3n) is 6.06. The first-order chi connectivity index (χ1) is 11.0.